The average Bonchev–Trinajstić information content (AvgIpc) is 3.12. The molecule has 0 bridgehead atoms. The van der Waals surface area contributed by atoms with Crippen molar-refractivity contribution >= 4 is 27.7 Å². The fourth-order valence-corrected chi connectivity index (χ4v) is 3.06. The summed E-state index contributed by atoms with van der Waals surface area (Å²) in [6, 6.07) is 24.5. The van der Waals surface area contributed by atoms with Crippen molar-refractivity contribution in [3.8, 4) is 17.1 Å². The molecule has 5 aromatic rings. The second-order valence-electron chi connectivity index (χ2n) is 6.24. The number of benzene rings is 3. The number of nitrogens with one attached hydrogen (secondary N) is 1. The number of hydrogen-bond acceptors (Lipinski definition) is 4. The van der Waals surface area contributed by atoms with Crippen molar-refractivity contribution in [2.24, 2.45) is 4.99 Å². The monoisotopic (exact) mass is 353 g/mol. The van der Waals surface area contributed by atoms with Crippen LogP contribution in [-0.4, -0.2) is 15.1 Å². The van der Waals surface area contributed by atoms with E-state index in [-0.39, 0.29) is 5.75 Å². The fourth-order valence-electron chi connectivity index (χ4n) is 3.06. The van der Waals surface area contributed by atoms with Gasteiger partial charge in [-0.3, -0.25) is 0 Å². The molecule has 0 aliphatic carbocycles. The molecule has 5 heteroatoms. The summed E-state index contributed by atoms with van der Waals surface area (Å²) in [6.45, 7) is 0. The van der Waals surface area contributed by atoms with Crippen molar-refractivity contribution < 1.29 is 9.52 Å². The van der Waals surface area contributed by atoms with Gasteiger partial charge >= 0.3 is 0 Å². The van der Waals surface area contributed by atoms with Crippen molar-refractivity contribution in [1.82, 2.24) is 9.97 Å². The molecule has 5 nitrogen and oxygen atoms in total. The summed E-state index contributed by atoms with van der Waals surface area (Å²) < 4.78 is 6.04. The normalized spacial score (nSPS) is 12.1. The summed E-state index contributed by atoms with van der Waals surface area (Å²) in [5.41, 5.74) is 4.35. The fraction of sp³-hybridized carbons (Fsp3) is 0. The third-order valence-electron chi connectivity index (χ3n) is 4.37. The van der Waals surface area contributed by atoms with Crippen molar-refractivity contribution in [2.75, 3.05) is 0 Å². The van der Waals surface area contributed by atoms with Gasteiger partial charge in [-0.05, 0) is 42.5 Å². The van der Waals surface area contributed by atoms with Crippen LogP contribution in [0.1, 0.15) is 0 Å². The molecule has 27 heavy (non-hydrogen) atoms. The van der Waals surface area contributed by atoms with Crippen LogP contribution in [0.15, 0.2) is 88.3 Å². The highest BCUT2D eigenvalue weighted by molar-refractivity contribution is 5.84. The summed E-state index contributed by atoms with van der Waals surface area (Å²) >= 11 is 0. The Labute approximate surface area is 154 Å². The molecule has 130 valence electrons. The standard InChI is InChI=1S/C22H15N3O2/c26-16-11-10-14-12-17(21-24-18-8-4-5-9-19(18)25-21)22(27-20(14)13-16)23-15-6-2-1-3-7-15/h1-13,26H,(H,24,25). The Hall–Kier alpha value is -3.86. The molecule has 0 saturated heterocycles. The molecule has 2 N–H and O–H groups in total. The number of aromatic amines is 1. The highest BCUT2D eigenvalue weighted by Gasteiger charge is 2.11. The van der Waals surface area contributed by atoms with Crippen LogP contribution in [0.3, 0.4) is 0 Å². The van der Waals surface area contributed by atoms with Gasteiger partial charge < -0.3 is 14.5 Å². The maximum Gasteiger partial charge on any atom is 0.230 e. The Balaban J connectivity index is 1.82. The number of H-pyrrole nitrogens is 1. The first-order chi connectivity index (χ1) is 13.3. The van der Waals surface area contributed by atoms with E-state index in [0.29, 0.717) is 17.0 Å². The number of aromatic nitrogens is 2. The molecule has 0 aliphatic rings. The zero-order valence-electron chi connectivity index (χ0n) is 14.3. The first-order valence-corrected chi connectivity index (χ1v) is 8.58. The molecular weight excluding hydrogens is 338 g/mol. The van der Waals surface area contributed by atoms with E-state index >= 15 is 0 Å². The predicted octanol–water partition coefficient (Wildman–Crippen LogP) is 4.91. The number of phenolic OH excluding ortho intramolecular Hbond substituents is 1. The number of fused-ring (bicyclic) bond motifs is 2. The molecule has 5 rings (SSSR count). The van der Waals surface area contributed by atoms with Gasteiger partial charge in [-0.15, -0.1) is 0 Å². The lowest BCUT2D eigenvalue weighted by atomic mass is 10.1. The SMILES string of the molecule is Oc1ccc2cc(-c3nc4ccccc4[nH]3)c(=Nc3ccccc3)oc2c1. The summed E-state index contributed by atoms with van der Waals surface area (Å²) in [7, 11) is 0. The molecule has 0 saturated carbocycles. The molecular formula is C22H15N3O2. The Morgan fingerprint density at radius 3 is 2.56 bits per heavy atom. The number of imidazole rings is 1. The Morgan fingerprint density at radius 1 is 0.889 bits per heavy atom. The minimum absolute atomic E-state index is 0.147. The highest BCUT2D eigenvalue weighted by Crippen LogP contribution is 2.24. The molecule has 0 radical (unpaired) electrons. The number of hydrogen-bond donors (Lipinski definition) is 2. The Morgan fingerprint density at radius 2 is 1.70 bits per heavy atom. The molecule has 3 aromatic carbocycles. The smallest absolute Gasteiger partial charge is 0.230 e. The van der Waals surface area contributed by atoms with Crippen molar-refractivity contribution in [2.45, 2.75) is 0 Å². The van der Waals surface area contributed by atoms with Gasteiger partial charge in [0.15, 0.2) is 0 Å². The van der Waals surface area contributed by atoms with Crippen LogP contribution in [0.5, 0.6) is 5.75 Å². The maximum atomic E-state index is 9.78. The largest absolute Gasteiger partial charge is 0.508 e. The van der Waals surface area contributed by atoms with E-state index in [9.17, 15) is 5.11 Å². The molecule has 0 atom stereocenters. The van der Waals surface area contributed by atoms with Crippen LogP contribution in [0.2, 0.25) is 0 Å². The van der Waals surface area contributed by atoms with E-state index in [1.54, 1.807) is 12.1 Å². The van der Waals surface area contributed by atoms with Crippen LogP contribution in [0.4, 0.5) is 5.69 Å². The maximum absolute atomic E-state index is 9.78. The summed E-state index contributed by atoms with van der Waals surface area (Å²) in [4.78, 5) is 12.7. The van der Waals surface area contributed by atoms with Crippen LogP contribution < -0.4 is 5.55 Å². The quantitative estimate of drug-likeness (QED) is 0.473. The number of rotatable bonds is 2. The number of para-hydroxylation sites is 3. The van der Waals surface area contributed by atoms with E-state index in [1.165, 1.54) is 0 Å². The molecule has 0 unspecified atom stereocenters. The molecule has 0 amide bonds. The van der Waals surface area contributed by atoms with Crippen LogP contribution in [-0.2, 0) is 0 Å². The molecule has 2 heterocycles. The first-order valence-electron chi connectivity index (χ1n) is 8.58. The van der Waals surface area contributed by atoms with Gasteiger partial charge in [-0.1, -0.05) is 30.3 Å². The van der Waals surface area contributed by atoms with Gasteiger partial charge in [0, 0.05) is 11.5 Å². The van der Waals surface area contributed by atoms with Crippen LogP contribution in [0.25, 0.3) is 33.4 Å². The third-order valence-corrected chi connectivity index (χ3v) is 4.37. The predicted molar refractivity (Wildman–Crippen MR) is 105 cm³/mol. The second-order valence-corrected chi connectivity index (χ2v) is 6.24. The minimum Gasteiger partial charge on any atom is -0.508 e. The lowest BCUT2D eigenvalue weighted by molar-refractivity contribution is 0.472. The van der Waals surface area contributed by atoms with Crippen molar-refractivity contribution in [1.29, 1.82) is 0 Å². The van der Waals surface area contributed by atoms with Gasteiger partial charge in [-0.25, -0.2) is 9.98 Å². The van der Waals surface area contributed by atoms with Gasteiger partial charge in [-0.2, -0.15) is 0 Å². The van der Waals surface area contributed by atoms with Crippen molar-refractivity contribution in [3.63, 3.8) is 0 Å². The summed E-state index contributed by atoms with van der Waals surface area (Å²) in [5.74, 6) is 0.831. The van der Waals surface area contributed by atoms with E-state index in [0.717, 1.165) is 27.7 Å². The number of nitrogens with zero attached hydrogens (tertiary/aromatic N) is 2. The topological polar surface area (TPSA) is 74.4 Å². The lowest BCUT2D eigenvalue weighted by Gasteiger charge is -2.03. The van der Waals surface area contributed by atoms with E-state index in [4.69, 9.17) is 4.42 Å². The highest BCUT2D eigenvalue weighted by atomic mass is 16.3. The average molecular weight is 353 g/mol. The van der Waals surface area contributed by atoms with Gasteiger partial charge in [0.05, 0.1) is 22.3 Å². The van der Waals surface area contributed by atoms with E-state index < -0.39 is 0 Å². The zero-order chi connectivity index (χ0) is 18.2. The minimum atomic E-state index is 0.147. The van der Waals surface area contributed by atoms with Gasteiger partial charge in [0.2, 0.25) is 5.55 Å². The Kier molecular flexibility index (Phi) is 3.50. The van der Waals surface area contributed by atoms with Crippen LogP contribution in [0, 0.1) is 0 Å². The molecule has 0 aliphatic heterocycles. The van der Waals surface area contributed by atoms with E-state index in [2.05, 4.69) is 15.0 Å². The Bertz CT molecular complexity index is 1300. The lowest BCUT2D eigenvalue weighted by Crippen LogP contribution is -2.06. The van der Waals surface area contributed by atoms with Gasteiger partial charge in [0.25, 0.3) is 0 Å². The molecule has 0 fully saturated rings. The zero-order valence-corrected chi connectivity index (χ0v) is 14.3. The van der Waals surface area contributed by atoms with Crippen LogP contribution >= 0.6 is 0 Å². The van der Waals surface area contributed by atoms with Gasteiger partial charge in [0.1, 0.15) is 17.2 Å². The second kappa shape index (κ2) is 6.14. The van der Waals surface area contributed by atoms with Crippen molar-refractivity contribution in [3.05, 3.63) is 84.4 Å². The molecule has 0 spiro atoms. The molecule has 2 aromatic heterocycles. The first kappa shape index (κ1) is 15.4. The summed E-state index contributed by atoms with van der Waals surface area (Å²) in [6.07, 6.45) is 0. The summed E-state index contributed by atoms with van der Waals surface area (Å²) in [5, 5.41) is 10.6. The van der Waals surface area contributed by atoms with E-state index in [1.807, 2.05) is 66.7 Å². The third kappa shape index (κ3) is 2.85. The number of phenols is 1. The number of aromatic hydroxyl groups is 1.